The summed E-state index contributed by atoms with van der Waals surface area (Å²) < 4.78 is 42.7. The van der Waals surface area contributed by atoms with Crippen LogP contribution in [0.25, 0.3) is 0 Å². The number of methoxy groups -OCH3 is 1. The quantitative estimate of drug-likeness (QED) is 0.743. The molecule has 0 saturated carbocycles. The molecule has 1 saturated heterocycles. The van der Waals surface area contributed by atoms with Crippen LogP contribution in [0.3, 0.4) is 0 Å². The van der Waals surface area contributed by atoms with E-state index < -0.39 is 24.0 Å². The van der Waals surface area contributed by atoms with Gasteiger partial charge in [-0.15, -0.1) is 0 Å². The van der Waals surface area contributed by atoms with Crippen LogP contribution in [-0.4, -0.2) is 57.4 Å². The molecule has 1 fully saturated rings. The first-order chi connectivity index (χ1) is 10.6. The second kappa shape index (κ2) is 8.05. The van der Waals surface area contributed by atoms with Crippen LogP contribution in [0.2, 0.25) is 0 Å². The Labute approximate surface area is 127 Å². The van der Waals surface area contributed by atoms with E-state index in [1.165, 1.54) is 7.11 Å². The van der Waals surface area contributed by atoms with Gasteiger partial charge in [0.25, 0.3) is 0 Å². The largest absolute Gasteiger partial charge is 0.492 e. The summed E-state index contributed by atoms with van der Waals surface area (Å²) in [5.74, 6) is -2.21. The Hall–Kier alpha value is -1.73. The molecule has 0 aliphatic carbocycles. The second-order valence-electron chi connectivity index (χ2n) is 4.92. The first kappa shape index (κ1) is 16.6. The molecule has 22 heavy (non-hydrogen) atoms. The van der Waals surface area contributed by atoms with Gasteiger partial charge in [-0.05, 0) is 0 Å². The number of nitrogens with zero attached hydrogens (tertiary/aromatic N) is 1. The van der Waals surface area contributed by atoms with Crippen LogP contribution in [0.5, 0.6) is 5.75 Å². The van der Waals surface area contributed by atoms with Crippen LogP contribution >= 0.6 is 0 Å². The maximum absolute atomic E-state index is 13.8. The molecule has 0 N–H and O–H groups in total. The molecule has 0 unspecified atom stereocenters. The van der Waals surface area contributed by atoms with Gasteiger partial charge in [0.15, 0.2) is 0 Å². The summed E-state index contributed by atoms with van der Waals surface area (Å²) in [5, 5.41) is 0. The number of ether oxygens (including phenoxy) is 3. The topological polar surface area (TPSA) is 48.0 Å². The van der Waals surface area contributed by atoms with Gasteiger partial charge in [0.2, 0.25) is 0 Å². The zero-order valence-corrected chi connectivity index (χ0v) is 12.4. The molecule has 1 aromatic rings. The lowest BCUT2D eigenvalue weighted by molar-refractivity contribution is -0.139. The number of benzene rings is 1. The summed E-state index contributed by atoms with van der Waals surface area (Å²) in [7, 11) is 1.17. The zero-order chi connectivity index (χ0) is 15.9. The first-order valence-electron chi connectivity index (χ1n) is 7.08. The lowest BCUT2D eigenvalue weighted by atomic mass is 10.1. The number of esters is 1. The number of halogens is 2. The molecule has 0 radical (unpaired) electrons. The Balaban J connectivity index is 1.90. The molecule has 2 rings (SSSR count). The maximum Gasteiger partial charge on any atom is 0.310 e. The van der Waals surface area contributed by atoms with Gasteiger partial charge in [0, 0.05) is 37.3 Å². The SMILES string of the molecule is COC(=O)Cc1c(F)cc(OCCN2CCOCC2)cc1F. The standard InChI is InChI=1S/C15H19F2NO4/c1-20-15(19)10-12-13(16)8-11(9-14(12)17)22-7-4-18-2-5-21-6-3-18/h8-9H,2-7,10H2,1H3. The highest BCUT2D eigenvalue weighted by atomic mass is 19.1. The molecule has 122 valence electrons. The Morgan fingerprint density at radius 2 is 1.91 bits per heavy atom. The van der Waals surface area contributed by atoms with Gasteiger partial charge < -0.3 is 14.2 Å². The average molecular weight is 315 g/mol. The van der Waals surface area contributed by atoms with Gasteiger partial charge in [-0.25, -0.2) is 8.78 Å². The molecular weight excluding hydrogens is 296 g/mol. The molecule has 0 spiro atoms. The Morgan fingerprint density at radius 1 is 1.27 bits per heavy atom. The van der Waals surface area contributed by atoms with Crippen LogP contribution < -0.4 is 4.74 Å². The summed E-state index contributed by atoms with van der Waals surface area (Å²) in [4.78, 5) is 13.3. The van der Waals surface area contributed by atoms with Crippen molar-refractivity contribution in [2.75, 3.05) is 46.6 Å². The van der Waals surface area contributed by atoms with Gasteiger partial charge in [-0.1, -0.05) is 0 Å². The van der Waals surface area contributed by atoms with Crippen molar-refractivity contribution in [1.29, 1.82) is 0 Å². The van der Waals surface area contributed by atoms with Crippen molar-refractivity contribution in [2.45, 2.75) is 6.42 Å². The normalized spacial score (nSPS) is 15.6. The summed E-state index contributed by atoms with van der Waals surface area (Å²) in [6.07, 6.45) is -0.442. The number of hydrogen-bond donors (Lipinski definition) is 0. The van der Waals surface area contributed by atoms with Gasteiger partial charge in [-0.3, -0.25) is 9.69 Å². The van der Waals surface area contributed by atoms with Gasteiger partial charge in [0.05, 0.1) is 26.7 Å². The second-order valence-corrected chi connectivity index (χ2v) is 4.92. The van der Waals surface area contributed by atoms with Crippen molar-refractivity contribution in [1.82, 2.24) is 4.90 Å². The van der Waals surface area contributed by atoms with Crippen LogP contribution in [0.15, 0.2) is 12.1 Å². The summed E-state index contributed by atoms with van der Waals surface area (Å²) in [6, 6.07) is 2.17. The van der Waals surface area contributed by atoms with E-state index in [2.05, 4.69) is 9.64 Å². The summed E-state index contributed by atoms with van der Waals surface area (Å²) >= 11 is 0. The minimum Gasteiger partial charge on any atom is -0.492 e. The Kier molecular flexibility index (Phi) is 6.09. The summed E-state index contributed by atoms with van der Waals surface area (Å²) in [5.41, 5.74) is -0.313. The van der Waals surface area contributed by atoms with Crippen molar-refractivity contribution in [3.8, 4) is 5.75 Å². The monoisotopic (exact) mass is 315 g/mol. The van der Waals surface area contributed by atoms with E-state index in [-0.39, 0.29) is 11.3 Å². The van der Waals surface area contributed by atoms with E-state index in [4.69, 9.17) is 9.47 Å². The first-order valence-corrected chi connectivity index (χ1v) is 7.08. The third-order valence-corrected chi connectivity index (χ3v) is 3.44. The van der Waals surface area contributed by atoms with Crippen molar-refractivity contribution in [2.24, 2.45) is 0 Å². The molecule has 7 heteroatoms. The van der Waals surface area contributed by atoms with E-state index >= 15 is 0 Å². The van der Waals surface area contributed by atoms with Gasteiger partial charge in [-0.2, -0.15) is 0 Å². The number of carbonyl (C=O) groups is 1. The number of morpholine rings is 1. The van der Waals surface area contributed by atoms with Gasteiger partial charge >= 0.3 is 5.97 Å². The van der Waals surface area contributed by atoms with E-state index in [9.17, 15) is 13.6 Å². The molecule has 1 heterocycles. The molecule has 5 nitrogen and oxygen atoms in total. The van der Waals surface area contributed by atoms with E-state index in [0.717, 1.165) is 25.2 Å². The molecule has 1 aliphatic heterocycles. The Morgan fingerprint density at radius 3 is 2.50 bits per heavy atom. The van der Waals surface area contributed by atoms with E-state index in [0.29, 0.717) is 26.4 Å². The lowest BCUT2D eigenvalue weighted by Gasteiger charge is -2.26. The molecule has 1 aliphatic rings. The third-order valence-electron chi connectivity index (χ3n) is 3.44. The van der Waals surface area contributed by atoms with Gasteiger partial charge in [0.1, 0.15) is 24.0 Å². The molecule has 0 bridgehead atoms. The Bertz CT molecular complexity index is 495. The highest BCUT2D eigenvalue weighted by Crippen LogP contribution is 2.21. The number of hydrogen-bond acceptors (Lipinski definition) is 5. The summed E-state index contributed by atoms with van der Waals surface area (Å²) in [6.45, 7) is 4.01. The predicted molar refractivity (Wildman–Crippen MR) is 74.8 cm³/mol. The van der Waals surface area contributed by atoms with Crippen LogP contribution in [0, 0.1) is 11.6 Å². The van der Waals surface area contributed by atoms with E-state index in [1.54, 1.807) is 0 Å². The fourth-order valence-corrected chi connectivity index (χ4v) is 2.17. The highest BCUT2D eigenvalue weighted by Gasteiger charge is 2.16. The number of carbonyl (C=O) groups excluding carboxylic acids is 1. The predicted octanol–water partition coefficient (Wildman–Crippen LogP) is 1.39. The molecule has 1 aromatic carbocycles. The third kappa shape index (κ3) is 4.64. The fourth-order valence-electron chi connectivity index (χ4n) is 2.17. The maximum atomic E-state index is 13.8. The van der Waals surface area contributed by atoms with Crippen molar-refractivity contribution < 1.29 is 27.8 Å². The molecule has 0 atom stereocenters. The molecular formula is C15H19F2NO4. The highest BCUT2D eigenvalue weighted by molar-refractivity contribution is 5.72. The van der Waals surface area contributed by atoms with Crippen molar-refractivity contribution in [3.05, 3.63) is 29.3 Å². The minimum atomic E-state index is -0.813. The molecule has 0 aromatic heterocycles. The van der Waals surface area contributed by atoms with Crippen LogP contribution in [-0.2, 0) is 20.7 Å². The lowest BCUT2D eigenvalue weighted by Crippen LogP contribution is -2.38. The number of rotatable bonds is 6. The average Bonchev–Trinajstić information content (AvgIpc) is 2.51. The fraction of sp³-hybridized carbons (Fsp3) is 0.533. The van der Waals surface area contributed by atoms with Crippen molar-refractivity contribution >= 4 is 5.97 Å². The van der Waals surface area contributed by atoms with Crippen LogP contribution in [0.1, 0.15) is 5.56 Å². The zero-order valence-electron chi connectivity index (χ0n) is 12.4. The molecule has 0 amide bonds. The van der Waals surface area contributed by atoms with Crippen molar-refractivity contribution in [3.63, 3.8) is 0 Å². The van der Waals surface area contributed by atoms with Crippen LogP contribution in [0.4, 0.5) is 8.78 Å². The smallest absolute Gasteiger partial charge is 0.310 e. The van der Waals surface area contributed by atoms with E-state index in [1.807, 2.05) is 0 Å². The minimum absolute atomic E-state index is 0.108.